The number of hydrogen-bond acceptors (Lipinski definition) is 6. The summed E-state index contributed by atoms with van der Waals surface area (Å²) in [6.45, 7) is 3.48. The van der Waals surface area contributed by atoms with E-state index < -0.39 is 0 Å². The van der Waals surface area contributed by atoms with Crippen LogP contribution in [0.4, 0.5) is 16.5 Å². The molecule has 1 aromatic carbocycles. The molecule has 0 aliphatic carbocycles. The van der Waals surface area contributed by atoms with Gasteiger partial charge in [-0.1, -0.05) is 6.92 Å². The second-order valence-corrected chi connectivity index (χ2v) is 7.05. The maximum Gasteiger partial charge on any atom is 0.260 e. The molecule has 29 heavy (non-hydrogen) atoms. The molecule has 2 heterocycles. The maximum atomic E-state index is 12.2. The number of nitrogens with zero attached hydrogens (tertiary/aromatic N) is 1. The van der Waals surface area contributed by atoms with Crippen molar-refractivity contribution in [3.8, 4) is 0 Å². The van der Waals surface area contributed by atoms with Crippen LogP contribution < -0.4 is 16.0 Å². The first-order valence-corrected chi connectivity index (χ1v) is 9.82. The fourth-order valence-electron chi connectivity index (χ4n) is 2.49. The highest BCUT2D eigenvalue weighted by Gasteiger charge is 2.14. The fraction of sp³-hybridized carbons (Fsp3) is 0.200. The van der Waals surface area contributed by atoms with Crippen LogP contribution in [0.3, 0.4) is 0 Å². The molecule has 0 aliphatic rings. The van der Waals surface area contributed by atoms with E-state index in [1.807, 2.05) is 0 Å². The molecule has 0 bridgehead atoms. The van der Waals surface area contributed by atoms with E-state index in [1.54, 1.807) is 49.6 Å². The van der Waals surface area contributed by atoms with Crippen LogP contribution in [0.25, 0.3) is 0 Å². The van der Waals surface area contributed by atoms with Gasteiger partial charge >= 0.3 is 0 Å². The summed E-state index contributed by atoms with van der Waals surface area (Å²) in [5.74, 6) is -0.0869. The molecule has 0 atom stereocenters. The molecule has 3 rings (SSSR count). The monoisotopic (exact) mass is 412 g/mol. The first kappa shape index (κ1) is 20.3. The quantitative estimate of drug-likeness (QED) is 0.546. The van der Waals surface area contributed by atoms with E-state index in [4.69, 9.17) is 4.42 Å². The number of nitrogens with one attached hydrogen (secondary N) is 3. The van der Waals surface area contributed by atoms with E-state index >= 15 is 0 Å². The number of furan rings is 1. The molecule has 150 valence electrons. The summed E-state index contributed by atoms with van der Waals surface area (Å²) in [6, 6.07) is 8.45. The van der Waals surface area contributed by atoms with Gasteiger partial charge in [0.05, 0.1) is 23.9 Å². The van der Waals surface area contributed by atoms with E-state index in [9.17, 15) is 14.4 Å². The van der Waals surface area contributed by atoms with Crippen LogP contribution in [0, 0.1) is 6.92 Å². The number of carbonyl (C=O) groups is 3. The summed E-state index contributed by atoms with van der Waals surface area (Å²) >= 11 is 1.25. The molecule has 8 nitrogen and oxygen atoms in total. The lowest BCUT2D eigenvalue weighted by Gasteiger charge is -2.07. The van der Waals surface area contributed by atoms with Crippen LogP contribution in [0.1, 0.15) is 35.2 Å². The van der Waals surface area contributed by atoms with Crippen molar-refractivity contribution in [2.45, 2.75) is 26.7 Å². The average molecular weight is 412 g/mol. The molecule has 0 saturated carbocycles. The summed E-state index contributed by atoms with van der Waals surface area (Å²) in [6.07, 6.45) is 1.92. The lowest BCUT2D eigenvalue weighted by Crippen LogP contribution is -2.15. The number of amides is 3. The highest BCUT2D eigenvalue weighted by Crippen LogP contribution is 2.19. The van der Waals surface area contributed by atoms with Gasteiger partial charge in [0.15, 0.2) is 5.13 Å². The standard InChI is InChI=1S/C20H20N4O4S/c1-3-17(25)21-13-4-6-14(7-5-13)22-18(26)10-15-11-29-20(23-15)24-19(27)16-8-9-28-12(16)2/h4-9,11H,3,10H2,1-2H3,(H,21,25)(H,22,26)(H,23,24,27). The predicted octanol–water partition coefficient (Wildman–Crippen LogP) is 3.83. The van der Waals surface area contributed by atoms with Crippen molar-refractivity contribution in [2.75, 3.05) is 16.0 Å². The van der Waals surface area contributed by atoms with Crippen LogP contribution in [0.15, 0.2) is 46.4 Å². The lowest BCUT2D eigenvalue weighted by atomic mass is 10.2. The smallest absolute Gasteiger partial charge is 0.260 e. The molecule has 0 radical (unpaired) electrons. The third kappa shape index (κ3) is 5.52. The van der Waals surface area contributed by atoms with E-state index in [0.717, 1.165) is 0 Å². The molecule has 9 heteroatoms. The Kier molecular flexibility index (Phi) is 6.40. The Labute approximate surface area is 171 Å². The Morgan fingerprint density at radius 3 is 2.24 bits per heavy atom. The third-order valence-electron chi connectivity index (χ3n) is 3.99. The first-order valence-electron chi connectivity index (χ1n) is 8.94. The molecule has 0 saturated heterocycles. The van der Waals surface area contributed by atoms with Crippen LogP contribution in [0.2, 0.25) is 0 Å². The maximum absolute atomic E-state index is 12.2. The molecule has 3 amide bonds. The lowest BCUT2D eigenvalue weighted by molar-refractivity contribution is -0.116. The molecule has 3 aromatic rings. The SMILES string of the molecule is CCC(=O)Nc1ccc(NC(=O)Cc2csc(NC(=O)c3ccoc3C)n2)cc1. The van der Waals surface area contributed by atoms with E-state index in [-0.39, 0.29) is 24.1 Å². The average Bonchev–Trinajstić information content (AvgIpc) is 3.31. The van der Waals surface area contributed by atoms with Crippen molar-refractivity contribution in [3.63, 3.8) is 0 Å². The van der Waals surface area contributed by atoms with Gasteiger partial charge in [0.1, 0.15) is 5.76 Å². The number of carbonyl (C=O) groups excluding carboxylic acids is 3. The van der Waals surface area contributed by atoms with Crippen molar-refractivity contribution >= 4 is 45.6 Å². The summed E-state index contributed by atoms with van der Waals surface area (Å²) in [5.41, 5.74) is 2.28. The van der Waals surface area contributed by atoms with Gasteiger partial charge in [-0.15, -0.1) is 11.3 Å². The zero-order valence-corrected chi connectivity index (χ0v) is 16.8. The summed E-state index contributed by atoms with van der Waals surface area (Å²) < 4.78 is 5.12. The summed E-state index contributed by atoms with van der Waals surface area (Å²) in [4.78, 5) is 40.1. The minimum atomic E-state index is -0.308. The number of rotatable bonds is 7. The zero-order chi connectivity index (χ0) is 20.8. The second-order valence-electron chi connectivity index (χ2n) is 6.19. The van der Waals surface area contributed by atoms with Gasteiger partial charge in [0.25, 0.3) is 5.91 Å². The van der Waals surface area contributed by atoms with E-state index in [0.29, 0.717) is 39.9 Å². The van der Waals surface area contributed by atoms with Gasteiger partial charge < -0.3 is 15.1 Å². The van der Waals surface area contributed by atoms with Crippen molar-refractivity contribution in [1.82, 2.24) is 4.98 Å². The Bertz CT molecular complexity index is 1020. The first-order chi connectivity index (χ1) is 13.9. The Morgan fingerprint density at radius 2 is 1.66 bits per heavy atom. The number of hydrogen-bond donors (Lipinski definition) is 3. The van der Waals surface area contributed by atoms with Gasteiger partial charge in [-0.3, -0.25) is 19.7 Å². The van der Waals surface area contributed by atoms with Crippen LogP contribution in [0.5, 0.6) is 0 Å². The van der Waals surface area contributed by atoms with E-state index in [2.05, 4.69) is 20.9 Å². The topological polar surface area (TPSA) is 113 Å². The fourth-order valence-corrected chi connectivity index (χ4v) is 3.19. The third-order valence-corrected chi connectivity index (χ3v) is 4.80. The molecule has 3 N–H and O–H groups in total. The largest absolute Gasteiger partial charge is 0.469 e. The Morgan fingerprint density at radius 1 is 1.00 bits per heavy atom. The second kappa shape index (κ2) is 9.16. The molecule has 0 unspecified atom stereocenters. The van der Waals surface area contributed by atoms with E-state index in [1.165, 1.54) is 17.6 Å². The minimum absolute atomic E-state index is 0.0730. The molecular formula is C20H20N4O4S. The molecule has 0 fully saturated rings. The van der Waals surface area contributed by atoms with Crippen LogP contribution in [-0.4, -0.2) is 22.7 Å². The van der Waals surface area contributed by atoms with Crippen molar-refractivity contribution in [1.29, 1.82) is 0 Å². The summed E-state index contributed by atoms with van der Waals surface area (Å²) in [5, 5.41) is 10.4. The van der Waals surface area contributed by atoms with Gasteiger partial charge in [-0.2, -0.15) is 0 Å². The molecule has 2 aromatic heterocycles. The zero-order valence-electron chi connectivity index (χ0n) is 15.9. The predicted molar refractivity (Wildman–Crippen MR) is 111 cm³/mol. The minimum Gasteiger partial charge on any atom is -0.469 e. The normalized spacial score (nSPS) is 10.4. The number of aryl methyl sites for hydroxylation is 1. The summed E-state index contributed by atoms with van der Waals surface area (Å²) in [7, 11) is 0. The van der Waals surface area contributed by atoms with Crippen LogP contribution in [-0.2, 0) is 16.0 Å². The van der Waals surface area contributed by atoms with Crippen molar-refractivity contribution in [3.05, 3.63) is 59.0 Å². The highest BCUT2D eigenvalue weighted by atomic mass is 32.1. The molecular weight excluding hydrogens is 392 g/mol. The number of aromatic nitrogens is 1. The number of thiazole rings is 1. The van der Waals surface area contributed by atoms with Gasteiger partial charge in [0.2, 0.25) is 11.8 Å². The molecule has 0 spiro atoms. The Hall–Kier alpha value is -3.46. The van der Waals surface area contributed by atoms with Gasteiger partial charge in [-0.05, 0) is 37.3 Å². The van der Waals surface area contributed by atoms with Crippen molar-refractivity contribution in [2.24, 2.45) is 0 Å². The van der Waals surface area contributed by atoms with Crippen LogP contribution >= 0.6 is 11.3 Å². The van der Waals surface area contributed by atoms with Gasteiger partial charge in [-0.25, -0.2) is 4.98 Å². The highest BCUT2D eigenvalue weighted by molar-refractivity contribution is 7.14. The van der Waals surface area contributed by atoms with Crippen molar-refractivity contribution < 1.29 is 18.8 Å². The molecule has 0 aliphatic heterocycles. The van der Waals surface area contributed by atoms with Gasteiger partial charge in [0, 0.05) is 23.2 Å². The number of anilines is 3. The Balaban J connectivity index is 1.53. The number of benzene rings is 1.